The molecule has 1 atom stereocenters. The topological polar surface area (TPSA) is 37.3 Å². The van der Waals surface area contributed by atoms with Crippen LogP contribution < -0.4 is 0 Å². The smallest absolute Gasteiger partial charge is 0.164 e. The zero-order valence-electron chi connectivity index (χ0n) is 10.6. The van der Waals surface area contributed by atoms with Gasteiger partial charge in [-0.25, -0.2) is 0 Å². The normalized spacial score (nSPS) is 18.5. The van der Waals surface area contributed by atoms with Crippen LogP contribution in [-0.2, 0) is 0 Å². The van der Waals surface area contributed by atoms with Gasteiger partial charge in [-0.05, 0) is 42.5 Å². The van der Waals surface area contributed by atoms with Gasteiger partial charge in [-0.2, -0.15) is 0 Å². The van der Waals surface area contributed by atoms with Crippen molar-refractivity contribution in [3.8, 4) is 5.75 Å². The SMILES string of the molecule is CCCCCC1CC(=O)c2c(C)cc(O)cc21. The first-order chi connectivity index (χ1) is 8.13. The molecule has 1 aliphatic rings. The Morgan fingerprint density at radius 3 is 2.82 bits per heavy atom. The fraction of sp³-hybridized carbons (Fsp3) is 0.533. The number of benzene rings is 1. The molecular formula is C15H20O2. The second-order valence-corrected chi connectivity index (χ2v) is 5.05. The first-order valence-electron chi connectivity index (χ1n) is 6.50. The van der Waals surface area contributed by atoms with Crippen LogP contribution >= 0.6 is 0 Å². The van der Waals surface area contributed by atoms with Crippen molar-refractivity contribution in [3.63, 3.8) is 0 Å². The van der Waals surface area contributed by atoms with E-state index in [0.717, 1.165) is 23.1 Å². The van der Waals surface area contributed by atoms with Gasteiger partial charge < -0.3 is 5.11 Å². The summed E-state index contributed by atoms with van der Waals surface area (Å²) in [7, 11) is 0. The van der Waals surface area contributed by atoms with Crippen molar-refractivity contribution in [2.75, 3.05) is 0 Å². The summed E-state index contributed by atoms with van der Waals surface area (Å²) in [6.45, 7) is 4.09. The Morgan fingerprint density at radius 1 is 1.35 bits per heavy atom. The predicted octanol–water partition coefficient (Wildman–Crippen LogP) is 3.95. The highest BCUT2D eigenvalue weighted by atomic mass is 16.3. The van der Waals surface area contributed by atoms with E-state index in [1.165, 1.54) is 19.3 Å². The molecule has 0 aromatic heterocycles. The molecule has 2 rings (SSSR count). The van der Waals surface area contributed by atoms with Crippen LogP contribution in [0.25, 0.3) is 0 Å². The van der Waals surface area contributed by atoms with Gasteiger partial charge in [0.25, 0.3) is 0 Å². The third-order valence-corrected chi connectivity index (χ3v) is 3.66. The highest BCUT2D eigenvalue weighted by Gasteiger charge is 2.30. The molecule has 1 aliphatic carbocycles. The molecule has 0 heterocycles. The highest BCUT2D eigenvalue weighted by Crippen LogP contribution is 2.40. The van der Waals surface area contributed by atoms with E-state index in [0.29, 0.717) is 12.3 Å². The molecule has 0 saturated carbocycles. The molecule has 2 nitrogen and oxygen atoms in total. The lowest BCUT2D eigenvalue weighted by atomic mass is 9.94. The zero-order chi connectivity index (χ0) is 12.4. The van der Waals surface area contributed by atoms with Crippen LogP contribution in [-0.4, -0.2) is 10.9 Å². The summed E-state index contributed by atoms with van der Waals surface area (Å²) in [4.78, 5) is 12.0. The molecule has 0 amide bonds. The van der Waals surface area contributed by atoms with Crippen LogP contribution in [0.15, 0.2) is 12.1 Å². The summed E-state index contributed by atoms with van der Waals surface area (Å²) in [5.41, 5.74) is 2.86. The number of ketones is 1. The Kier molecular flexibility index (Phi) is 3.51. The maximum absolute atomic E-state index is 12.0. The minimum atomic E-state index is 0.249. The van der Waals surface area contributed by atoms with Gasteiger partial charge in [-0.1, -0.05) is 26.2 Å². The Morgan fingerprint density at radius 2 is 2.12 bits per heavy atom. The maximum atomic E-state index is 12.0. The molecule has 1 unspecified atom stereocenters. The summed E-state index contributed by atoms with van der Waals surface area (Å²) >= 11 is 0. The second-order valence-electron chi connectivity index (χ2n) is 5.05. The third kappa shape index (κ3) is 2.36. The number of carbonyl (C=O) groups is 1. The summed E-state index contributed by atoms with van der Waals surface area (Å²) in [5.74, 6) is 0.866. The summed E-state index contributed by atoms with van der Waals surface area (Å²) in [6.07, 6.45) is 5.28. The van der Waals surface area contributed by atoms with Gasteiger partial charge in [0.1, 0.15) is 5.75 Å². The molecule has 1 aromatic carbocycles. The van der Waals surface area contributed by atoms with E-state index in [1.54, 1.807) is 12.1 Å². The van der Waals surface area contributed by atoms with E-state index < -0.39 is 0 Å². The summed E-state index contributed by atoms with van der Waals surface area (Å²) in [5, 5.41) is 9.64. The summed E-state index contributed by atoms with van der Waals surface area (Å²) in [6, 6.07) is 3.47. The van der Waals surface area contributed by atoms with E-state index in [9.17, 15) is 9.90 Å². The van der Waals surface area contributed by atoms with Crippen LogP contribution in [0.3, 0.4) is 0 Å². The number of phenolic OH excluding ortho intramolecular Hbond substituents is 1. The number of hydrogen-bond donors (Lipinski definition) is 1. The maximum Gasteiger partial charge on any atom is 0.164 e. The number of phenols is 1. The van der Waals surface area contributed by atoms with E-state index in [-0.39, 0.29) is 11.5 Å². The van der Waals surface area contributed by atoms with E-state index in [2.05, 4.69) is 6.92 Å². The molecule has 0 aliphatic heterocycles. The minimum Gasteiger partial charge on any atom is -0.508 e. The Bertz CT molecular complexity index is 435. The fourth-order valence-corrected chi connectivity index (χ4v) is 2.83. The molecule has 0 bridgehead atoms. The van der Waals surface area contributed by atoms with Crippen LogP contribution in [0.5, 0.6) is 5.75 Å². The van der Waals surface area contributed by atoms with Crippen molar-refractivity contribution in [1.29, 1.82) is 0 Å². The van der Waals surface area contributed by atoms with E-state index in [4.69, 9.17) is 0 Å². The van der Waals surface area contributed by atoms with Gasteiger partial charge in [0.15, 0.2) is 5.78 Å². The van der Waals surface area contributed by atoms with Crippen molar-refractivity contribution in [3.05, 3.63) is 28.8 Å². The second kappa shape index (κ2) is 4.91. The Hall–Kier alpha value is -1.31. The van der Waals surface area contributed by atoms with Gasteiger partial charge in [0.05, 0.1) is 0 Å². The Labute approximate surface area is 103 Å². The van der Waals surface area contributed by atoms with Gasteiger partial charge >= 0.3 is 0 Å². The number of Topliss-reactive ketones (excluding diaryl/α,β-unsaturated/α-hetero) is 1. The van der Waals surface area contributed by atoms with Crippen molar-refractivity contribution in [2.24, 2.45) is 0 Å². The monoisotopic (exact) mass is 232 g/mol. The number of fused-ring (bicyclic) bond motifs is 1. The molecule has 1 aromatic rings. The third-order valence-electron chi connectivity index (χ3n) is 3.66. The average molecular weight is 232 g/mol. The van der Waals surface area contributed by atoms with Gasteiger partial charge in [-0.15, -0.1) is 0 Å². The van der Waals surface area contributed by atoms with Crippen LogP contribution in [0.4, 0.5) is 0 Å². The molecule has 0 radical (unpaired) electrons. The average Bonchev–Trinajstić information content (AvgIpc) is 2.56. The van der Waals surface area contributed by atoms with Gasteiger partial charge in [-0.3, -0.25) is 4.79 Å². The molecule has 2 heteroatoms. The number of carbonyl (C=O) groups excluding carboxylic acids is 1. The fourth-order valence-electron chi connectivity index (χ4n) is 2.83. The molecule has 0 saturated heterocycles. The van der Waals surface area contributed by atoms with Crippen molar-refractivity contribution in [2.45, 2.75) is 51.9 Å². The zero-order valence-corrected chi connectivity index (χ0v) is 10.6. The van der Waals surface area contributed by atoms with Crippen LogP contribution in [0.2, 0.25) is 0 Å². The van der Waals surface area contributed by atoms with Gasteiger partial charge in [0.2, 0.25) is 0 Å². The lowest BCUT2D eigenvalue weighted by Gasteiger charge is -2.11. The number of hydrogen-bond acceptors (Lipinski definition) is 2. The molecule has 0 fully saturated rings. The first kappa shape index (κ1) is 12.2. The van der Waals surface area contributed by atoms with Crippen molar-refractivity contribution >= 4 is 5.78 Å². The van der Waals surface area contributed by atoms with Crippen LogP contribution in [0.1, 0.15) is 66.4 Å². The molecule has 17 heavy (non-hydrogen) atoms. The van der Waals surface area contributed by atoms with Crippen molar-refractivity contribution in [1.82, 2.24) is 0 Å². The number of aryl methyl sites for hydroxylation is 1. The molecular weight excluding hydrogens is 212 g/mol. The minimum absolute atomic E-state index is 0.249. The van der Waals surface area contributed by atoms with Gasteiger partial charge in [0, 0.05) is 12.0 Å². The number of aromatic hydroxyl groups is 1. The molecule has 92 valence electrons. The standard InChI is InChI=1S/C15H20O2/c1-3-4-5-6-11-8-14(17)15-10(2)7-12(16)9-13(11)15/h7,9,11,16H,3-6,8H2,1-2H3. The largest absolute Gasteiger partial charge is 0.508 e. The van der Waals surface area contributed by atoms with E-state index >= 15 is 0 Å². The lowest BCUT2D eigenvalue weighted by Crippen LogP contribution is -1.94. The first-order valence-corrected chi connectivity index (χ1v) is 6.50. The number of rotatable bonds is 4. The summed E-state index contributed by atoms with van der Waals surface area (Å²) < 4.78 is 0. The quantitative estimate of drug-likeness (QED) is 0.798. The molecule has 0 spiro atoms. The van der Waals surface area contributed by atoms with Crippen LogP contribution in [0, 0.1) is 6.92 Å². The lowest BCUT2D eigenvalue weighted by molar-refractivity contribution is 0.0987. The highest BCUT2D eigenvalue weighted by molar-refractivity contribution is 6.02. The molecule has 1 N–H and O–H groups in total. The number of unbranched alkanes of at least 4 members (excludes halogenated alkanes) is 2. The predicted molar refractivity (Wildman–Crippen MR) is 68.7 cm³/mol. The van der Waals surface area contributed by atoms with E-state index in [1.807, 2.05) is 6.92 Å². The Balaban J connectivity index is 2.24. The van der Waals surface area contributed by atoms with Crippen molar-refractivity contribution < 1.29 is 9.90 Å².